The predicted octanol–water partition coefficient (Wildman–Crippen LogP) is 1.73. The maximum Gasteiger partial charge on any atom is 0.410 e. The Morgan fingerprint density at radius 2 is 1.71 bits per heavy atom. The molecule has 0 aromatic heterocycles. The van der Waals surface area contributed by atoms with Crippen molar-refractivity contribution in [1.82, 2.24) is 4.90 Å². The van der Waals surface area contributed by atoms with Crippen LogP contribution in [-0.2, 0) is 14.6 Å². The van der Waals surface area contributed by atoms with Crippen molar-refractivity contribution in [2.75, 3.05) is 43.1 Å². The molecule has 1 saturated heterocycles. The lowest BCUT2D eigenvalue weighted by molar-refractivity contribution is 0.0240. The second kappa shape index (κ2) is 6.51. The molecule has 134 valence electrons. The number of rotatable bonds is 2. The third kappa shape index (κ3) is 4.77. The van der Waals surface area contributed by atoms with E-state index in [0.717, 1.165) is 11.9 Å². The van der Waals surface area contributed by atoms with E-state index in [9.17, 15) is 13.2 Å². The summed E-state index contributed by atoms with van der Waals surface area (Å²) in [5.74, 6) is 0. The number of piperazine rings is 1. The van der Waals surface area contributed by atoms with Crippen LogP contribution in [0.5, 0.6) is 0 Å². The molecule has 1 heterocycles. The van der Waals surface area contributed by atoms with Crippen LogP contribution in [0.15, 0.2) is 23.1 Å². The van der Waals surface area contributed by atoms with Crippen LogP contribution in [0.2, 0.25) is 0 Å². The van der Waals surface area contributed by atoms with Crippen LogP contribution in [0.4, 0.5) is 16.2 Å². The van der Waals surface area contributed by atoms with Gasteiger partial charge in [0, 0.05) is 43.8 Å². The van der Waals surface area contributed by atoms with Crippen molar-refractivity contribution in [2.45, 2.75) is 31.3 Å². The number of nitrogens with zero attached hydrogens (tertiary/aromatic N) is 2. The molecular formula is C16H25N3O4S. The Balaban J connectivity index is 2.08. The number of carbonyl (C=O) groups is 1. The maximum absolute atomic E-state index is 12.1. The van der Waals surface area contributed by atoms with Gasteiger partial charge in [0.1, 0.15) is 5.60 Å². The Morgan fingerprint density at radius 3 is 2.21 bits per heavy atom. The molecule has 0 aliphatic carbocycles. The summed E-state index contributed by atoms with van der Waals surface area (Å²) >= 11 is 0. The van der Waals surface area contributed by atoms with Crippen molar-refractivity contribution in [3.05, 3.63) is 18.2 Å². The van der Waals surface area contributed by atoms with Crippen molar-refractivity contribution in [1.29, 1.82) is 0 Å². The molecule has 1 aromatic rings. The van der Waals surface area contributed by atoms with E-state index >= 15 is 0 Å². The Morgan fingerprint density at radius 1 is 1.12 bits per heavy atom. The van der Waals surface area contributed by atoms with Gasteiger partial charge in [0.2, 0.25) is 0 Å². The molecule has 1 aliphatic rings. The Kier molecular flexibility index (Phi) is 4.98. The number of ether oxygens (including phenoxy) is 1. The predicted molar refractivity (Wildman–Crippen MR) is 94.0 cm³/mol. The van der Waals surface area contributed by atoms with E-state index in [0.29, 0.717) is 31.9 Å². The molecule has 2 N–H and O–H groups in total. The molecule has 0 saturated carbocycles. The quantitative estimate of drug-likeness (QED) is 0.812. The van der Waals surface area contributed by atoms with Gasteiger partial charge in [0.25, 0.3) is 0 Å². The highest BCUT2D eigenvalue weighted by Gasteiger charge is 2.26. The highest BCUT2D eigenvalue weighted by Crippen LogP contribution is 2.25. The number of anilines is 2. The fourth-order valence-electron chi connectivity index (χ4n) is 2.48. The summed E-state index contributed by atoms with van der Waals surface area (Å²) in [7, 11) is -3.32. The van der Waals surface area contributed by atoms with E-state index in [2.05, 4.69) is 0 Å². The zero-order chi connectivity index (χ0) is 18.1. The monoisotopic (exact) mass is 355 g/mol. The summed E-state index contributed by atoms with van der Waals surface area (Å²) in [4.78, 5) is 16.0. The highest BCUT2D eigenvalue weighted by atomic mass is 32.2. The van der Waals surface area contributed by atoms with Crippen LogP contribution in [-0.4, -0.2) is 57.4 Å². The minimum absolute atomic E-state index is 0.201. The Hall–Kier alpha value is -1.96. The van der Waals surface area contributed by atoms with Crippen LogP contribution in [0.25, 0.3) is 0 Å². The molecule has 1 fully saturated rings. The lowest BCUT2D eigenvalue weighted by Crippen LogP contribution is -2.50. The first-order valence-electron chi connectivity index (χ1n) is 7.79. The van der Waals surface area contributed by atoms with Crippen molar-refractivity contribution in [3.63, 3.8) is 0 Å². The van der Waals surface area contributed by atoms with Gasteiger partial charge in [0.15, 0.2) is 9.84 Å². The lowest BCUT2D eigenvalue weighted by atomic mass is 10.2. The van der Waals surface area contributed by atoms with Gasteiger partial charge in [-0.05, 0) is 39.0 Å². The van der Waals surface area contributed by atoms with Gasteiger partial charge in [-0.2, -0.15) is 0 Å². The SMILES string of the molecule is CC(C)(C)OC(=O)N1CCN(c2cc(N)cc(S(C)(=O)=O)c2)CC1. The number of nitrogen functional groups attached to an aromatic ring is 1. The molecule has 1 amide bonds. The van der Waals surface area contributed by atoms with Crippen LogP contribution < -0.4 is 10.6 Å². The van der Waals surface area contributed by atoms with E-state index in [1.807, 2.05) is 25.7 Å². The summed E-state index contributed by atoms with van der Waals surface area (Å²) in [5, 5.41) is 0. The van der Waals surface area contributed by atoms with E-state index in [1.54, 1.807) is 17.0 Å². The van der Waals surface area contributed by atoms with Gasteiger partial charge in [-0.15, -0.1) is 0 Å². The van der Waals surface area contributed by atoms with Crippen LogP contribution in [0, 0.1) is 0 Å². The zero-order valence-corrected chi connectivity index (χ0v) is 15.4. The number of hydrogen-bond donors (Lipinski definition) is 1. The first-order chi connectivity index (χ1) is 11.0. The Labute approximate surface area is 143 Å². The van der Waals surface area contributed by atoms with Gasteiger partial charge >= 0.3 is 6.09 Å². The van der Waals surface area contributed by atoms with Gasteiger partial charge in [-0.3, -0.25) is 0 Å². The summed E-state index contributed by atoms with van der Waals surface area (Å²) < 4.78 is 28.9. The largest absolute Gasteiger partial charge is 0.444 e. The average molecular weight is 355 g/mol. The topological polar surface area (TPSA) is 92.9 Å². The van der Waals surface area contributed by atoms with Crippen molar-refractivity contribution >= 4 is 27.3 Å². The zero-order valence-electron chi connectivity index (χ0n) is 14.6. The van der Waals surface area contributed by atoms with Crippen LogP contribution in [0.3, 0.4) is 0 Å². The molecule has 0 unspecified atom stereocenters. The Bertz CT molecular complexity index is 717. The second-order valence-corrected chi connectivity index (χ2v) is 9.00. The minimum atomic E-state index is -3.32. The average Bonchev–Trinajstić information content (AvgIpc) is 2.44. The van der Waals surface area contributed by atoms with Gasteiger partial charge in [0.05, 0.1) is 4.90 Å². The van der Waals surface area contributed by atoms with Gasteiger partial charge in [-0.1, -0.05) is 0 Å². The molecule has 1 aromatic carbocycles. The standard InChI is InChI=1S/C16H25N3O4S/c1-16(2,3)23-15(20)19-7-5-18(6-8-19)13-9-12(17)10-14(11-13)24(4,21)22/h9-11H,5-8,17H2,1-4H3. The first-order valence-corrected chi connectivity index (χ1v) is 9.68. The van der Waals surface area contributed by atoms with E-state index < -0.39 is 15.4 Å². The first kappa shape index (κ1) is 18.4. The fraction of sp³-hybridized carbons (Fsp3) is 0.562. The molecule has 24 heavy (non-hydrogen) atoms. The minimum Gasteiger partial charge on any atom is -0.444 e. The number of sulfone groups is 1. The third-order valence-corrected chi connectivity index (χ3v) is 4.73. The van der Waals surface area contributed by atoms with E-state index in [1.165, 1.54) is 6.07 Å². The second-order valence-electron chi connectivity index (χ2n) is 6.99. The molecule has 1 aliphatic heterocycles. The molecule has 0 radical (unpaired) electrons. The molecule has 2 rings (SSSR count). The van der Waals surface area contributed by atoms with Crippen molar-refractivity contribution in [2.24, 2.45) is 0 Å². The number of benzene rings is 1. The van der Waals surface area contributed by atoms with E-state index in [-0.39, 0.29) is 11.0 Å². The van der Waals surface area contributed by atoms with Gasteiger partial charge in [-0.25, -0.2) is 13.2 Å². The van der Waals surface area contributed by atoms with Crippen LogP contribution in [0.1, 0.15) is 20.8 Å². The molecule has 0 spiro atoms. The maximum atomic E-state index is 12.1. The number of carbonyl (C=O) groups excluding carboxylic acids is 1. The highest BCUT2D eigenvalue weighted by molar-refractivity contribution is 7.90. The van der Waals surface area contributed by atoms with Crippen LogP contribution >= 0.6 is 0 Å². The summed E-state index contributed by atoms with van der Waals surface area (Å²) in [6.07, 6.45) is 0.831. The summed E-state index contributed by atoms with van der Waals surface area (Å²) in [6.45, 7) is 7.70. The molecule has 0 atom stereocenters. The molecule has 0 bridgehead atoms. The van der Waals surface area contributed by atoms with E-state index in [4.69, 9.17) is 10.5 Å². The molecule has 7 nitrogen and oxygen atoms in total. The van der Waals surface area contributed by atoms with Crippen molar-refractivity contribution in [3.8, 4) is 0 Å². The summed E-state index contributed by atoms with van der Waals surface area (Å²) in [6, 6.07) is 4.82. The lowest BCUT2D eigenvalue weighted by Gasteiger charge is -2.37. The number of nitrogens with two attached hydrogens (primary N) is 1. The molecule has 8 heteroatoms. The molecular weight excluding hydrogens is 330 g/mol. The smallest absolute Gasteiger partial charge is 0.410 e. The van der Waals surface area contributed by atoms with Gasteiger partial charge < -0.3 is 20.3 Å². The van der Waals surface area contributed by atoms with Crippen molar-refractivity contribution < 1.29 is 17.9 Å². The summed E-state index contributed by atoms with van der Waals surface area (Å²) in [5.41, 5.74) is 6.47. The normalized spacial score (nSPS) is 16.2. The number of hydrogen-bond acceptors (Lipinski definition) is 6. The fourth-order valence-corrected chi connectivity index (χ4v) is 3.16. The number of amides is 1. The third-order valence-electron chi connectivity index (χ3n) is 3.64.